The molecule has 0 atom stereocenters. The quantitative estimate of drug-likeness (QED) is 0.865. The van der Waals surface area contributed by atoms with E-state index in [1.54, 1.807) is 6.92 Å². The van der Waals surface area contributed by atoms with E-state index in [1.807, 2.05) is 4.57 Å². The number of phenolic OH excluding ortho intramolecular Hbond substituents is 1. The van der Waals surface area contributed by atoms with Gasteiger partial charge in [0, 0.05) is 23.2 Å². The summed E-state index contributed by atoms with van der Waals surface area (Å²) in [5, 5.41) is 19.2. The fourth-order valence-electron chi connectivity index (χ4n) is 2.41. The largest absolute Gasteiger partial charge is 0.508 e. The van der Waals surface area contributed by atoms with Crippen LogP contribution in [-0.2, 0) is 0 Å². The fraction of sp³-hybridized carbons (Fsp3) is 0.286. The molecule has 1 aromatic heterocycles. The predicted molar refractivity (Wildman–Crippen MR) is 69.8 cm³/mol. The number of benzene rings is 1. The summed E-state index contributed by atoms with van der Waals surface area (Å²) in [6, 6.07) is 3.15. The van der Waals surface area contributed by atoms with Gasteiger partial charge in [-0.05, 0) is 31.9 Å². The normalized spacial score (nSPS) is 14.8. The summed E-state index contributed by atoms with van der Waals surface area (Å²) in [7, 11) is 0. The molecular weight excluding hydrogens is 246 g/mol. The highest BCUT2D eigenvalue weighted by atomic mass is 16.4. The van der Waals surface area contributed by atoms with Gasteiger partial charge >= 0.3 is 5.97 Å². The number of rotatable bonds is 2. The van der Waals surface area contributed by atoms with Gasteiger partial charge in [0.25, 0.3) is 0 Å². The molecule has 3 rings (SSSR count). The molecule has 0 bridgehead atoms. The lowest BCUT2D eigenvalue weighted by molar-refractivity contribution is 0.0695. The molecule has 1 aliphatic rings. The second-order valence-electron chi connectivity index (χ2n) is 4.92. The zero-order chi connectivity index (χ0) is 13.7. The van der Waals surface area contributed by atoms with Gasteiger partial charge in [0.15, 0.2) is 0 Å². The van der Waals surface area contributed by atoms with Crippen LogP contribution in [0.5, 0.6) is 5.75 Å². The van der Waals surface area contributed by atoms with E-state index < -0.39 is 11.4 Å². The lowest BCUT2D eigenvalue weighted by Crippen LogP contribution is -2.19. The number of phenols is 1. The Balaban J connectivity index is 2.49. The van der Waals surface area contributed by atoms with Crippen molar-refractivity contribution in [3.63, 3.8) is 0 Å². The van der Waals surface area contributed by atoms with E-state index in [1.165, 1.54) is 18.3 Å². The summed E-state index contributed by atoms with van der Waals surface area (Å²) < 4.78 is 1.81. The molecule has 2 N–H and O–H groups in total. The first-order valence-electron chi connectivity index (χ1n) is 6.11. The number of carboxylic acids is 1. The van der Waals surface area contributed by atoms with Crippen molar-refractivity contribution < 1.29 is 15.0 Å². The van der Waals surface area contributed by atoms with E-state index in [0.717, 1.165) is 12.8 Å². The number of aromatic nitrogens is 1. The van der Waals surface area contributed by atoms with Crippen molar-refractivity contribution in [2.24, 2.45) is 0 Å². The minimum Gasteiger partial charge on any atom is -0.508 e. The fourth-order valence-corrected chi connectivity index (χ4v) is 2.41. The number of hydrogen-bond acceptors (Lipinski definition) is 3. The zero-order valence-corrected chi connectivity index (χ0v) is 10.4. The van der Waals surface area contributed by atoms with Gasteiger partial charge in [0.2, 0.25) is 5.43 Å². The van der Waals surface area contributed by atoms with E-state index in [0.29, 0.717) is 16.5 Å². The Morgan fingerprint density at radius 2 is 2.05 bits per heavy atom. The molecule has 0 spiro atoms. The van der Waals surface area contributed by atoms with Crippen LogP contribution in [0, 0.1) is 6.92 Å². The number of pyridine rings is 1. The Morgan fingerprint density at radius 3 is 2.63 bits per heavy atom. The van der Waals surface area contributed by atoms with Crippen LogP contribution in [0.25, 0.3) is 10.9 Å². The average molecular weight is 259 g/mol. The van der Waals surface area contributed by atoms with Crippen molar-refractivity contribution in [3.8, 4) is 5.75 Å². The molecule has 1 fully saturated rings. The lowest BCUT2D eigenvalue weighted by Gasteiger charge is -2.14. The number of fused-ring (bicyclic) bond motifs is 1. The third-order valence-electron chi connectivity index (χ3n) is 3.59. The smallest absolute Gasteiger partial charge is 0.341 e. The van der Waals surface area contributed by atoms with Gasteiger partial charge in [0.05, 0.1) is 5.52 Å². The van der Waals surface area contributed by atoms with Crippen LogP contribution >= 0.6 is 0 Å². The molecule has 2 aromatic rings. The topological polar surface area (TPSA) is 79.5 Å². The van der Waals surface area contributed by atoms with Crippen LogP contribution in [0.3, 0.4) is 0 Å². The maximum absolute atomic E-state index is 12.2. The van der Waals surface area contributed by atoms with Crippen LogP contribution in [-0.4, -0.2) is 20.7 Å². The van der Waals surface area contributed by atoms with Crippen molar-refractivity contribution in [3.05, 3.63) is 39.7 Å². The maximum atomic E-state index is 12.2. The van der Waals surface area contributed by atoms with Crippen molar-refractivity contribution in [2.75, 3.05) is 0 Å². The van der Waals surface area contributed by atoms with E-state index in [2.05, 4.69) is 0 Å². The summed E-state index contributed by atoms with van der Waals surface area (Å²) in [6.07, 6.45) is 3.33. The second-order valence-corrected chi connectivity index (χ2v) is 4.92. The molecule has 0 radical (unpaired) electrons. The van der Waals surface area contributed by atoms with Gasteiger partial charge < -0.3 is 14.8 Å². The number of hydrogen-bond donors (Lipinski definition) is 2. The van der Waals surface area contributed by atoms with Crippen LogP contribution in [0.2, 0.25) is 0 Å². The maximum Gasteiger partial charge on any atom is 0.341 e. The lowest BCUT2D eigenvalue weighted by atomic mass is 10.1. The second kappa shape index (κ2) is 3.85. The number of carboxylic acid groups (broad SMARTS) is 1. The number of aryl methyl sites for hydroxylation is 1. The average Bonchev–Trinajstić information content (AvgIpc) is 3.18. The summed E-state index contributed by atoms with van der Waals surface area (Å²) in [5.74, 6) is -1.10. The molecule has 5 heteroatoms. The Labute approximate surface area is 108 Å². The monoisotopic (exact) mass is 259 g/mol. The number of carbonyl (C=O) groups is 1. The van der Waals surface area contributed by atoms with E-state index >= 15 is 0 Å². The van der Waals surface area contributed by atoms with E-state index in [4.69, 9.17) is 5.11 Å². The zero-order valence-electron chi connectivity index (χ0n) is 10.4. The van der Waals surface area contributed by atoms with Crippen LogP contribution < -0.4 is 5.43 Å². The Morgan fingerprint density at radius 1 is 1.37 bits per heavy atom. The molecule has 0 aliphatic heterocycles. The van der Waals surface area contributed by atoms with Crippen LogP contribution in [0.4, 0.5) is 0 Å². The third kappa shape index (κ3) is 1.69. The van der Waals surface area contributed by atoms with Gasteiger partial charge in [-0.15, -0.1) is 0 Å². The van der Waals surface area contributed by atoms with Crippen molar-refractivity contribution in [1.82, 2.24) is 4.57 Å². The number of aromatic carboxylic acids is 1. The molecule has 0 saturated heterocycles. The van der Waals surface area contributed by atoms with Gasteiger partial charge in [-0.2, -0.15) is 0 Å². The highest BCUT2D eigenvalue weighted by Crippen LogP contribution is 2.38. The first kappa shape index (κ1) is 11.8. The molecule has 0 unspecified atom stereocenters. The number of aromatic hydroxyl groups is 1. The summed E-state index contributed by atoms with van der Waals surface area (Å²) in [5.41, 5.74) is 0.530. The molecule has 5 nitrogen and oxygen atoms in total. The van der Waals surface area contributed by atoms with Crippen molar-refractivity contribution in [2.45, 2.75) is 25.8 Å². The molecular formula is C14H13NO4. The molecule has 0 amide bonds. The molecule has 1 aliphatic carbocycles. The SMILES string of the molecule is Cc1c(O)ccc2c(=O)c(C(=O)O)cn(C3CC3)c12. The minimum atomic E-state index is -1.22. The predicted octanol–water partition coefficient (Wildman–Crippen LogP) is 2.05. The van der Waals surface area contributed by atoms with Gasteiger partial charge in [0.1, 0.15) is 11.3 Å². The Hall–Kier alpha value is -2.30. The van der Waals surface area contributed by atoms with Crippen molar-refractivity contribution >= 4 is 16.9 Å². The van der Waals surface area contributed by atoms with Gasteiger partial charge in [-0.3, -0.25) is 4.79 Å². The molecule has 98 valence electrons. The Kier molecular flexibility index (Phi) is 2.38. The minimum absolute atomic E-state index is 0.115. The molecule has 1 heterocycles. The Bertz CT molecular complexity index is 756. The molecule has 1 aromatic carbocycles. The molecule has 19 heavy (non-hydrogen) atoms. The summed E-state index contributed by atoms with van der Waals surface area (Å²) >= 11 is 0. The first-order chi connectivity index (χ1) is 9.00. The van der Waals surface area contributed by atoms with Crippen LogP contribution in [0.1, 0.15) is 34.8 Å². The van der Waals surface area contributed by atoms with E-state index in [-0.39, 0.29) is 17.4 Å². The van der Waals surface area contributed by atoms with Crippen LogP contribution in [0.15, 0.2) is 23.1 Å². The highest BCUT2D eigenvalue weighted by molar-refractivity contribution is 5.94. The van der Waals surface area contributed by atoms with Crippen molar-refractivity contribution in [1.29, 1.82) is 0 Å². The standard InChI is InChI=1S/C14H13NO4/c1-7-11(16)5-4-9-12(7)15(8-2-3-8)6-10(13(9)17)14(18)19/h4-6,8,16H,2-3H2,1H3,(H,18,19). The summed E-state index contributed by atoms with van der Waals surface area (Å²) in [4.78, 5) is 23.3. The van der Waals surface area contributed by atoms with Gasteiger partial charge in [-0.1, -0.05) is 0 Å². The third-order valence-corrected chi connectivity index (χ3v) is 3.59. The van der Waals surface area contributed by atoms with E-state index in [9.17, 15) is 14.7 Å². The number of nitrogens with zero attached hydrogens (tertiary/aromatic N) is 1. The first-order valence-corrected chi connectivity index (χ1v) is 6.11. The molecule has 1 saturated carbocycles. The summed E-state index contributed by atoms with van der Waals surface area (Å²) in [6.45, 7) is 1.73. The van der Waals surface area contributed by atoms with Gasteiger partial charge in [-0.25, -0.2) is 4.79 Å². The highest BCUT2D eigenvalue weighted by Gasteiger charge is 2.27.